The number of benzene rings is 3. The van der Waals surface area contributed by atoms with E-state index in [2.05, 4.69) is 39.0 Å². The Kier molecular flexibility index (Phi) is 8.52. The van der Waals surface area contributed by atoms with Gasteiger partial charge in [0, 0.05) is 41.4 Å². The summed E-state index contributed by atoms with van der Waals surface area (Å²) in [5.41, 5.74) is 2.82. The number of piperazine rings is 1. The highest BCUT2D eigenvalue weighted by Crippen LogP contribution is 2.35. The summed E-state index contributed by atoms with van der Waals surface area (Å²) >= 11 is 9.49. The van der Waals surface area contributed by atoms with E-state index in [0.717, 1.165) is 11.3 Å². The first kappa shape index (κ1) is 25.6. The van der Waals surface area contributed by atoms with Gasteiger partial charge in [-0.05, 0) is 53.6 Å². The van der Waals surface area contributed by atoms with E-state index >= 15 is 0 Å². The van der Waals surface area contributed by atoms with E-state index in [-0.39, 0.29) is 11.5 Å². The van der Waals surface area contributed by atoms with Crippen molar-refractivity contribution in [3.8, 4) is 17.6 Å². The number of anilines is 1. The molecular formula is C28H25BrClN3O3. The number of rotatable bonds is 7. The Hall–Kier alpha value is -3.47. The van der Waals surface area contributed by atoms with Gasteiger partial charge in [-0.25, -0.2) is 0 Å². The Morgan fingerprint density at radius 1 is 1.06 bits per heavy atom. The second-order valence-electron chi connectivity index (χ2n) is 8.22. The Morgan fingerprint density at radius 3 is 2.39 bits per heavy atom. The van der Waals surface area contributed by atoms with Crippen molar-refractivity contribution in [1.82, 2.24) is 4.90 Å². The SMILES string of the molecule is COc1cc(/C=C(/C#N)C(=O)N2CCN(c3ccccc3)CC2)c(Br)cc1OCc1ccc(Cl)cc1. The molecule has 0 atom stereocenters. The highest BCUT2D eigenvalue weighted by molar-refractivity contribution is 9.10. The third kappa shape index (κ3) is 6.20. The van der Waals surface area contributed by atoms with E-state index in [4.69, 9.17) is 21.1 Å². The number of carbonyl (C=O) groups excluding carboxylic acids is 1. The highest BCUT2D eigenvalue weighted by atomic mass is 79.9. The van der Waals surface area contributed by atoms with E-state index < -0.39 is 0 Å². The van der Waals surface area contributed by atoms with Gasteiger partial charge in [0.15, 0.2) is 11.5 Å². The smallest absolute Gasteiger partial charge is 0.264 e. The van der Waals surface area contributed by atoms with Crippen LogP contribution in [0.1, 0.15) is 11.1 Å². The van der Waals surface area contributed by atoms with Crippen LogP contribution < -0.4 is 14.4 Å². The second-order valence-corrected chi connectivity index (χ2v) is 9.52. The average Bonchev–Trinajstić information content (AvgIpc) is 2.92. The quantitative estimate of drug-likeness (QED) is 0.261. The first-order chi connectivity index (χ1) is 17.5. The number of nitriles is 1. The summed E-state index contributed by atoms with van der Waals surface area (Å²) in [4.78, 5) is 17.1. The van der Waals surface area contributed by atoms with Crippen LogP contribution in [0.4, 0.5) is 5.69 Å². The largest absolute Gasteiger partial charge is 0.493 e. The number of amides is 1. The summed E-state index contributed by atoms with van der Waals surface area (Å²) < 4.78 is 12.1. The molecule has 3 aromatic rings. The van der Waals surface area contributed by atoms with Crippen LogP contribution in [0.25, 0.3) is 6.08 Å². The number of carbonyl (C=O) groups is 1. The summed E-state index contributed by atoms with van der Waals surface area (Å²) in [6.07, 6.45) is 1.58. The van der Waals surface area contributed by atoms with Gasteiger partial charge in [-0.3, -0.25) is 4.79 Å². The molecule has 0 unspecified atom stereocenters. The average molecular weight is 567 g/mol. The number of nitrogens with zero attached hydrogens (tertiary/aromatic N) is 3. The summed E-state index contributed by atoms with van der Waals surface area (Å²) in [6, 6.07) is 23.1. The van der Waals surface area contributed by atoms with Crippen molar-refractivity contribution < 1.29 is 14.3 Å². The molecule has 0 spiro atoms. The van der Waals surface area contributed by atoms with E-state index in [1.807, 2.05) is 42.5 Å². The molecule has 184 valence electrons. The molecule has 1 fully saturated rings. The number of para-hydroxylation sites is 1. The molecule has 1 aliphatic heterocycles. The van der Waals surface area contributed by atoms with Gasteiger partial charge in [0.05, 0.1) is 7.11 Å². The molecule has 1 amide bonds. The van der Waals surface area contributed by atoms with Crippen LogP contribution in [0.3, 0.4) is 0 Å². The van der Waals surface area contributed by atoms with Crippen molar-refractivity contribution in [3.63, 3.8) is 0 Å². The van der Waals surface area contributed by atoms with Crippen LogP contribution in [0.5, 0.6) is 11.5 Å². The standard InChI is InChI=1S/C28H25BrClN3O3/c1-35-26-16-21(25(29)17-27(26)36-19-20-7-9-23(30)10-8-20)15-22(18-31)28(34)33-13-11-32(12-14-33)24-5-3-2-4-6-24/h2-10,15-17H,11-14,19H2,1H3/b22-15-. The van der Waals surface area contributed by atoms with E-state index in [0.29, 0.717) is 59.3 Å². The van der Waals surface area contributed by atoms with Crippen LogP contribution in [0, 0.1) is 11.3 Å². The van der Waals surface area contributed by atoms with Gasteiger partial charge in [-0.1, -0.05) is 57.9 Å². The van der Waals surface area contributed by atoms with E-state index in [1.54, 1.807) is 30.2 Å². The first-order valence-corrected chi connectivity index (χ1v) is 12.6. The van der Waals surface area contributed by atoms with Crippen LogP contribution >= 0.6 is 27.5 Å². The predicted octanol–water partition coefficient (Wildman–Crippen LogP) is 5.95. The molecule has 1 aliphatic rings. The Bertz CT molecular complexity index is 1280. The molecule has 0 N–H and O–H groups in total. The van der Waals surface area contributed by atoms with Crippen molar-refractivity contribution in [3.05, 3.63) is 92.9 Å². The number of halogens is 2. The van der Waals surface area contributed by atoms with Gasteiger partial charge in [0.2, 0.25) is 0 Å². The molecule has 0 aromatic heterocycles. The molecule has 3 aromatic carbocycles. The molecule has 0 radical (unpaired) electrons. The normalized spacial score (nSPS) is 13.8. The van der Waals surface area contributed by atoms with Crippen LogP contribution in [0.15, 0.2) is 76.8 Å². The molecule has 1 heterocycles. The molecule has 0 bridgehead atoms. The monoisotopic (exact) mass is 565 g/mol. The Balaban J connectivity index is 1.46. The van der Waals surface area contributed by atoms with Gasteiger partial charge in [-0.15, -0.1) is 0 Å². The molecule has 8 heteroatoms. The van der Waals surface area contributed by atoms with Crippen molar-refractivity contribution >= 4 is 45.2 Å². The van der Waals surface area contributed by atoms with Crippen molar-refractivity contribution in [2.45, 2.75) is 6.61 Å². The highest BCUT2D eigenvalue weighted by Gasteiger charge is 2.24. The second kappa shape index (κ2) is 12.0. The van der Waals surface area contributed by atoms with Gasteiger partial charge in [-0.2, -0.15) is 5.26 Å². The van der Waals surface area contributed by atoms with Gasteiger partial charge in [0.25, 0.3) is 5.91 Å². The Labute approximate surface area is 224 Å². The number of methoxy groups -OCH3 is 1. The van der Waals surface area contributed by atoms with Crippen molar-refractivity contribution in [1.29, 1.82) is 5.26 Å². The summed E-state index contributed by atoms with van der Waals surface area (Å²) in [7, 11) is 1.55. The minimum atomic E-state index is -0.279. The number of hydrogen-bond donors (Lipinski definition) is 0. The van der Waals surface area contributed by atoms with Gasteiger partial charge in [0.1, 0.15) is 18.2 Å². The predicted molar refractivity (Wildman–Crippen MR) is 145 cm³/mol. The zero-order chi connectivity index (χ0) is 25.5. The lowest BCUT2D eigenvalue weighted by Crippen LogP contribution is -2.49. The number of hydrogen-bond acceptors (Lipinski definition) is 5. The minimum absolute atomic E-state index is 0.0701. The third-order valence-electron chi connectivity index (χ3n) is 5.93. The zero-order valence-electron chi connectivity index (χ0n) is 19.8. The fourth-order valence-corrected chi connectivity index (χ4v) is 4.51. The van der Waals surface area contributed by atoms with Crippen molar-refractivity contribution in [2.24, 2.45) is 0 Å². The van der Waals surface area contributed by atoms with Crippen LogP contribution in [-0.4, -0.2) is 44.1 Å². The topological polar surface area (TPSA) is 65.8 Å². The van der Waals surface area contributed by atoms with Gasteiger partial charge < -0.3 is 19.3 Å². The molecule has 0 saturated carbocycles. The number of ether oxygens (including phenoxy) is 2. The molecule has 0 aliphatic carbocycles. The summed E-state index contributed by atoms with van der Waals surface area (Å²) in [5.74, 6) is 0.761. The van der Waals surface area contributed by atoms with Crippen molar-refractivity contribution in [2.75, 3.05) is 38.2 Å². The maximum absolute atomic E-state index is 13.1. The third-order valence-corrected chi connectivity index (χ3v) is 6.87. The fourth-order valence-electron chi connectivity index (χ4n) is 3.95. The lowest BCUT2D eigenvalue weighted by Gasteiger charge is -2.36. The van der Waals surface area contributed by atoms with Crippen LogP contribution in [-0.2, 0) is 11.4 Å². The molecular weight excluding hydrogens is 542 g/mol. The summed E-state index contributed by atoms with van der Waals surface area (Å²) in [6.45, 7) is 2.87. The fraction of sp³-hybridized carbons (Fsp3) is 0.214. The maximum Gasteiger partial charge on any atom is 0.264 e. The maximum atomic E-state index is 13.1. The molecule has 36 heavy (non-hydrogen) atoms. The van der Waals surface area contributed by atoms with Gasteiger partial charge >= 0.3 is 0 Å². The lowest BCUT2D eigenvalue weighted by molar-refractivity contribution is -0.126. The zero-order valence-corrected chi connectivity index (χ0v) is 22.1. The molecule has 6 nitrogen and oxygen atoms in total. The summed E-state index contributed by atoms with van der Waals surface area (Å²) in [5, 5.41) is 10.4. The molecule has 1 saturated heterocycles. The lowest BCUT2D eigenvalue weighted by atomic mass is 10.1. The first-order valence-electron chi connectivity index (χ1n) is 11.4. The Morgan fingerprint density at radius 2 is 1.75 bits per heavy atom. The van der Waals surface area contributed by atoms with Crippen LogP contribution in [0.2, 0.25) is 5.02 Å². The minimum Gasteiger partial charge on any atom is -0.493 e. The van der Waals surface area contributed by atoms with E-state index in [1.165, 1.54) is 0 Å². The molecule has 4 rings (SSSR count). The van der Waals surface area contributed by atoms with E-state index in [9.17, 15) is 10.1 Å².